The number of benzene rings is 1. The first-order valence-corrected chi connectivity index (χ1v) is 5.81. The van der Waals surface area contributed by atoms with E-state index in [1.165, 1.54) is 6.07 Å². The zero-order chi connectivity index (χ0) is 11.1. The molecule has 0 bridgehead atoms. The lowest BCUT2D eigenvalue weighted by molar-refractivity contribution is 0.291. The molecule has 2 nitrogen and oxygen atoms in total. The van der Waals surface area contributed by atoms with Crippen LogP contribution in [0.4, 0.5) is 4.39 Å². The van der Waals surface area contributed by atoms with E-state index in [1.807, 2.05) is 0 Å². The summed E-state index contributed by atoms with van der Waals surface area (Å²) >= 11 is 3.27. The maximum absolute atomic E-state index is 13.2. The van der Waals surface area contributed by atoms with Crippen molar-refractivity contribution in [3.63, 3.8) is 0 Å². The van der Waals surface area contributed by atoms with Gasteiger partial charge in [0.2, 0.25) is 0 Å². The fourth-order valence-electron chi connectivity index (χ4n) is 1.19. The monoisotopic (exact) mass is 275 g/mol. The molecule has 1 aromatic carbocycles. The quantitative estimate of drug-likeness (QED) is 0.810. The van der Waals surface area contributed by atoms with Crippen LogP contribution < -0.4 is 10.5 Å². The van der Waals surface area contributed by atoms with Gasteiger partial charge < -0.3 is 10.5 Å². The predicted octanol–water partition coefficient (Wildman–Crippen LogP) is 3.10. The molecule has 0 spiro atoms. The van der Waals surface area contributed by atoms with E-state index in [2.05, 4.69) is 15.9 Å². The van der Waals surface area contributed by atoms with Gasteiger partial charge in [-0.05, 0) is 44.0 Å². The van der Waals surface area contributed by atoms with Crippen molar-refractivity contribution in [3.05, 3.63) is 28.5 Å². The molecule has 2 N–H and O–H groups in total. The Morgan fingerprint density at radius 2 is 2.07 bits per heavy atom. The molecule has 0 atom stereocenters. The highest BCUT2D eigenvalue weighted by Crippen LogP contribution is 2.22. The van der Waals surface area contributed by atoms with Gasteiger partial charge in [-0.2, -0.15) is 0 Å². The van der Waals surface area contributed by atoms with Gasteiger partial charge in [-0.25, -0.2) is 4.39 Å². The van der Waals surface area contributed by atoms with Gasteiger partial charge in [0.1, 0.15) is 0 Å². The van der Waals surface area contributed by atoms with Crippen LogP contribution in [0.25, 0.3) is 0 Å². The van der Waals surface area contributed by atoms with E-state index >= 15 is 0 Å². The van der Waals surface area contributed by atoms with Crippen LogP contribution in [0.1, 0.15) is 19.3 Å². The van der Waals surface area contributed by atoms with Gasteiger partial charge in [0.15, 0.2) is 11.6 Å². The van der Waals surface area contributed by atoms with Crippen molar-refractivity contribution in [1.82, 2.24) is 0 Å². The lowest BCUT2D eigenvalue weighted by Gasteiger charge is -2.07. The molecule has 0 saturated heterocycles. The smallest absolute Gasteiger partial charge is 0.165 e. The number of unbranched alkanes of at least 4 members (excludes halogenated alkanes) is 2. The van der Waals surface area contributed by atoms with Gasteiger partial charge in [-0.1, -0.05) is 15.9 Å². The first-order valence-electron chi connectivity index (χ1n) is 5.02. The molecule has 0 heterocycles. The minimum Gasteiger partial charge on any atom is -0.490 e. The molecule has 4 heteroatoms. The van der Waals surface area contributed by atoms with Crippen molar-refractivity contribution < 1.29 is 9.13 Å². The molecular weight excluding hydrogens is 261 g/mol. The summed E-state index contributed by atoms with van der Waals surface area (Å²) in [5.41, 5.74) is 5.36. The fourth-order valence-corrected chi connectivity index (χ4v) is 1.53. The zero-order valence-corrected chi connectivity index (χ0v) is 10.1. The van der Waals surface area contributed by atoms with Gasteiger partial charge in [-0.15, -0.1) is 0 Å². The van der Waals surface area contributed by atoms with Gasteiger partial charge in [-0.3, -0.25) is 0 Å². The number of rotatable bonds is 6. The van der Waals surface area contributed by atoms with E-state index in [-0.39, 0.29) is 5.82 Å². The van der Waals surface area contributed by atoms with Crippen LogP contribution >= 0.6 is 15.9 Å². The molecule has 0 aliphatic carbocycles. The summed E-state index contributed by atoms with van der Waals surface area (Å²) < 4.78 is 19.3. The van der Waals surface area contributed by atoms with Crippen molar-refractivity contribution >= 4 is 15.9 Å². The molecule has 84 valence electrons. The van der Waals surface area contributed by atoms with E-state index in [1.54, 1.807) is 12.1 Å². The SMILES string of the molecule is NCCCCCOc1cc(Br)ccc1F. The van der Waals surface area contributed by atoms with Crippen molar-refractivity contribution in [2.75, 3.05) is 13.2 Å². The lowest BCUT2D eigenvalue weighted by atomic mass is 10.2. The average molecular weight is 276 g/mol. The van der Waals surface area contributed by atoms with Crippen molar-refractivity contribution in [1.29, 1.82) is 0 Å². The number of ether oxygens (including phenoxy) is 1. The van der Waals surface area contributed by atoms with Crippen LogP contribution in [-0.2, 0) is 0 Å². The Labute approximate surface area is 97.7 Å². The highest BCUT2D eigenvalue weighted by atomic mass is 79.9. The Balaban J connectivity index is 2.33. The molecule has 15 heavy (non-hydrogen) atoms. The molecule has 0 radical (unpaired) electrons. The zero-order valence-electron chi connectivity index (χ0n) is 8.51. The first-order chi connectivity index (χ1) is 7.24. The summed E-state index contributed by atoms with van der Waals surface area (Å²) in [6, 6.07) is 4.67. The van der Waals surface area contributed by atoms with Crippen molar-refractivity contribution in [3.8, 4) is 5.75 Å². The van der Waals surface area contributed by atoms with E-state index < -0.39 is 0 Å². The molecular formula is C11H15BrFNO. The van der Waals surface area contributed by atoms with Crippen LogP contribution in [0.2, 0.25) is 0 Å². The summed E-state index contributed by atoms with van der Waals surface area (Å²) in [6.45, 7) is 1.23. The maximum Gasteiger partial charge on any atom is 0.165 e. The molecule has 0 fully saturated rings. The van der Waals surface area contributed by atoms with E-state index in [0.29, 0.717) is 18.9 Å². The summed E-state index contributed by atoms with van der Waals surface area (Å²) in [6.07, 6.45) is 2.92. The predicted molar refractivity (Wildman–Crippen MR) is 62.5 cm³/mol. The number of hydrogen-bond acceptors (Lipinski definition) is 2. The number of nitrogens with two attached hydrogens (primary N) is 1. The van der Waals surface area contributed by atoms with Gasteiger partial charge in [0, 0.05) is 4.47 Å². The molecule has 0 aromatic heterocycles. The molecule has 0 unspecified atom stereocenters. The third kappa shape index (κ3) is 4.62. The first kappa shape index (κ1) is 12.5. The topological polar surface area (TPSA) is 35.2 Å². The third-order valence-corrected chi connectivity index (χ3v) is 2.49. The molecule has 1 aromatic rings. The van der Waals surface area contributed by atoms with Crippen LogP contribution in [0.3, 0.4) is 0 Å². The highest BCUT2D eigenvalue weighted by Gasteiger charge is 2.03. The van der Waals surface area contributed by atoms with Gasteiger partial charge in [0.05, 0.1) is 6.61 Å². The molecule has 0 aliphatic rings. The normalized spacial score (nSPS) is 10.3. The van der Waals surface area contributed by atoms with Crippen LogP contribution in [0, 0.1) is 5.82 Å². The number of halogens is 2. The molecule has 0 amide bonds. The Morgan fingerprint density at radius 3 is 2.80 bits per heavy atom. The Bertz CT molecular complexity index is 307. The Morgan fingerprint density at radius 1 is 1.27 bits per heavy atom. The van der Waals surface area contributed by atoms with Crippen LogP contribution in [0.15, 0.2) is 22.7 Å². The van der Waals surface area contributed by atoms with Crippen molar-refractivity contribution in [2.24, 2.45) is 5.73 Å². The second kappa shape index (κ2) is 6.80. The minimum atomic E-state index is -0.322. The lowest BCUT2D eigenvalue weighted by Crippen LogP contribution is -2.02. The van der Waals surface area contributed by atoms with Crippen molar-refractivity contribution in [2.45, 2.75) is 19.3 Å². The summed E-state index contributed by atoms with van der Waals surface area (Å²) in [7, 11) is 0. The van der Waals surface area contributed by atoms with E-state index in [0.717, 1.165) is 23.7 Å². The molecule has 0 aliphatic heterocycles. The van der Waals surface area contributed by atoms with E-state index in [4.69, 9.17) is 10.5 Å². The highest BCUT2D eigenvalue weighted by molar-refractivity contribution is 9.10. The fraction of sp³-hybridized carbons (Fsp3) is 0.455. The second-order valence-electron chi connectivity index (χ2n) is 3.27. The minimum absolute atomic E-state index is 0.303. The third-order valence-electron chi connectivity index (χ3n) is 2.00. The molecule has 0 saturated carbocycles. The standard InChI is InChI=1S/C11H15BrFNO/c12-9-4-5-10(13)11(8-9)15-7-3-1-2-6-14/h4-5,8H,1-3,6-7,14H2. The van der Waals surface area contributed by atoms with E-state index in [9.17, 15) is 4.39 Å². The summed E-state index contributed by atoms with van der Waals surface area (Å²) in [4.78, 5) is 0. The maximum atomic E-state index is 13.2. The largest absolute Gasteiger partial charge is 0.490 e. The molecule has 1 rings (SSSR count). The summed E-state index contributed by atoms with van der Waals surface area (Å²) in [5, 5.41) is 0. The number of hydrogen-bond donors (Lipinski definition) is 1. The van der Waals surface area contributed by atoms with Gasteiger partial charge in [0.25, 0.3) is 0 Å². The van der Waals surface area contributed by atoms with Gasteiger partial charge >= 0.3 is 0 Å². The van der Waals surface area contributed by atoms with Crippen LogP contribution in [-0.4, -0.2) is 13.2 Å². The Hall–Kier alpha value is -0.610. The summed E-state index contributed by atoms with van der Waals surface area (Å²) in [5.74, 6) is -0.0193. The second-order valence-corrected chi connectivity index (χ2v) is 4.19. The van der Waals surface area contributed by atoms with Crippen LogP contribution in [0.5, 0.6) is 5.75 Å². The Kier molecular flexibility index (Phi) is 5.65. The average Bonchev–Trinajstić information content (AvgIpc) is 2.23.